The number of hydrogen-bond acceptors (Lipinski definition) is 6. The Morgan fingerprint density at radius 1 is 1.00 bits per heavy atom. The van der Waals surface area contributed by atoms with E-state index in [0.717, 1.165) is 15.4 Å². The molecule has 9 nitrogen and oxygen atoms in total. The number of ether oxygens (including phenoxy) is 1. The summed E-state index contributed by atoms with van der Waals surface area (Å²) in [6, 6.07) is 17.7. The van der Waals surface area contributed by atoms with Crippen molar-refractivity contribution in [3.05, 3.63) is 93.5 Å². The van der Waals surface area contributed by atoms with Crippen molar-refractivity contribution < 1.29 is 22.7 Å². The van der Waals surface area contributed by atoms with Crippen molar-refractivity contribution in [2.75, 3.05) is 20.2 Å². The second kappa shape index (κ2) is 11.7. The number of halogens is 2. The third-order valence-corrected chi connectivity index (χ3v) is 8.72. The molecule has 3 N–H and O–H groups in total. The van der Waals surface area contributed by atoms with Gasteiger partial charge < -0.3 is 20.7 Å². The van der Waals surface area contributed by atoms with Gasteiger partial charge in [-0.15, -0.1) is 0 Å². The number of carbonyl (C=O) groups excluding carboxylic acids is 2. The van der Waals surface area contributed by atoms with E-state index in [-0.39, 0.29) is 40.1 Å². The van der Waals surface area contributed by atoms with E-state index in [9.17, 15) is 18.0 Å². The molecule has 1 aliphatic heterocycles. The molecule has 0 aliphatic carbocycles. The molecule has 0 saturated carbocycles. The lowest BCUT2D eigenvalue weighted by Gasteiger charge is -2.29. The molecular weight excluding hydrogens is 551 g/mol. The van der Waals surface area contributed by atoms with E-state index in [0.29, 0.717) is 12.3 Å². The van der Waals surface area contributed by atoms with Crippen LogP contribution in [-0.2, 0) is 27.9 Å². The summed E-state index contributed by atoms with van der Waals surface area (Å²) in [6.45, 7) is 0.351. The van der Waals surface area contributed by atoms with Crippen LogP contribution in [0.15, 0.2) is 71.6 Å². The summed E-state index contributed by atoms with van der Waals surface area (Å²) in [5.74, 6) is -0.710. The third-order valence-electron chi connectivity index (χ3n) is 6.13. The molecule has 38 heavy (non-hydrogen) atoms. The van der Waals surface area contributed by atoms with Crippen LogP contribution in [0.3, 0.4) is 0 Å². The summed E-state index contributed by atoms with van der Waals surface area (Å²) in [4.78, 5) is 28.1. The first kappa shape index (κ1) is 27.9. The number of sulfonamides is 1. The predicted octanol–water partition coefficient (Wildman–Crippen LogP) is 3.25. The molecule has 3 aromatic rings. The number of hydrogen-bond donors (Lipinski definition) is 2. The summed E-state index contributed by atoms with van der Waals surface area (Å²) in [5.41, 5.74) is 7.63. The Balaban J connectivity index is 1.68. The first-order valence-corrected chi connectivity index (χ1v) is 13.8. The third kappa shape index (κ3) is 5.79. The number of methoxy groups -OCH3 is 1. The Kier molecular flexibility index (Phi) is 8.59. The predicted molar refractivity (Wildman–Crippen MR) is 144 cm³/mol. The molecule has 3 aromatic carbocycles. The van der Waals surface area contributed by atoms with Gasteiger partial charge in [0, 0.05) is 31.7 Å². The summed E-state index contributed by atoms with van der Waals surface area (Å²) in [5, 5.41) is 3.02. The van der Waals surface area contributed by atoms with Crippen LogP contribution in [0.25, 0.3) is 0 Å². The zero-order valence-electron chi connectivity index (χ0n) is 20.4. The van der Waals surface area contributed by atoms with Gasteiger partial charge in [-0.25, -0.2) is 8.42 Å². The Morgan fingerprint density at radius 3 is 2.45 bits per heavy atom. The molecule has 1 aliphatic rings. The van der Waals surface area contributed by atoms with E-state index in [1.165, 1.54) is 36.3 Å². The van der Waals surface area contributed by atoms with Crippen molar-refractivity contribution in [1.29, 1.82) is 0 Å². The van der Waals surface area contributed by atoms with Crippen LogP contribution < -0.4 is 15.8 Å². The number of benzene rings is 3. The molecule has 4 rings (SSSR count). The lowest BCUT2D eigenvalue weighted by atomic mass is 10.1. The fourth-order valence-corrected chi connectivity index (χ4v) is 6.12. The molecule has 2 amide bonds. The number of amides is 2. The molecule has 200 valence electrons. The molecule has 0 bridgehead atoms. The highest BCUT2D eigenvalue weighted by molar-refractivity contribution is 7.89. The standard InChI is InChI=1S/C26H26Cl2N4O5S/c1-37-20-7-3-6-19(13-20)26(34)31-10-11-32(38(35,36)21-8-9-22(27)23(28)14-21)25(31)24(33)30-16-18-5-2-4-17(12-18)15-29/h2-9,12-14,25H,10-11,15-16,29H2,1H3,(H,30,33). The largest absolute Gasteiger partial charge is 0.497 e. The van der Waals surface area contributed by atoms with Gasteiger partial charge in [-0.05, 0) is 47.5 Å². The van der Waals surface area contributed by atoms with Crippen molar-refractivity contribution in [3.8, 4) is 5.75 Å². The monoisotopic (exact) mass is 576 g/mol. The van der Waals surface area contributed by atoms with Gasteiger partial charge in [0.1, 0.15) is 5.75 Å². The van der Waals surface area contributed by atoms with Gasteiger partial charge in [-0.3, -0.25) is 9.59 Å². The molecule has 1 unspecified atom stereocenters. The van der Waals surface area contributed by atoms with Crippen LogP contribution in [0.4, 0.5) is 0 Å². The number of carbonyl (C=O) groups is 2. The SMILES string of the molecule is COc1cccc(C(=O)N2CCN(S(=O)(=O)c3ccc(Cl)c(Cl)c3)C2C(=O)NCc2cccc(CN)c2)c1. The topological polar surface area (TPSA) is 122 Å². The molecule has 1 atom stereocenters. The van der Waals surface area contributed by atoms with Crippen LogP contribution in [-0.4, -0.2) is 55.8 Å². The van der Waals surface area contributed by atoms with Crippen LogP contribution in [0.1, 0.15) is 21.5 Å². The fraction of sp³-hybridized carbons (Fsp3) is 0.231. The van der Waals surface area contributed by atoms with Crippen molar-refractivity contribution in [3.63, 3.8) is 0 Å². The second-order valence-corrected chi connectivity index (χ2v) is 11.2. The molecule has 12 heteroatoms. The maximum atomic E-state index is 13.6. The van der Waals surface area contributed by atoms with Crippen molar-refractivity contribution in [1.82, 2.24) is 14.5 Å². The van der Waals surface area contributed by atoms with Crippen molar-refractivity contribution >= 4 is 45.0 Å². The average Bonchev–Trinajstić information content (AvgIpc) is 3.39. The van der Waals surface area contributed by atoms with Crippen LogP contribution in [0.2, 0.25) is 10.0 Å². The Labute approximate surface area is 231 Å². The number of nitrogens with zero attached hydrogens (tertiary/aromatic N) is 2. The zero-order chi connectivity index (χ0) is 27.4. The smallest absolute Gasteiger partial charge is 0.259 e. The normalized spacial score (nSPS) is 15.9. The molecule has 0 radical (unpaired) electrons. The summed E-state index contributed by atoms with van der Waals surface area (Å²) >= 11 is 12.0. The minimum atomic E-state index is -4.23. The van der Waals surface area contributed by atoms with E-state index in [1.807, 2.05) is 24.3 Å². The first-order chi connectivity index (χ1) is 18.1. The number of nitrogens with one attached hydrogen (secondary N) is 1. The van der Waals surface area contributed by atoms with E-state index in [2.05, 4.69) is 5.32 Å². The molecule has 0 aromatic heterocycles. The van der Waals surface area contributed by atoms with E-state index >= 15 is 0 Å². The van der Waals surface area contributed by atoms with Crippen molar-refractivity contribution in [2.45, 2.75) is 24.2 Å². The molecule has 1 heterocycles. The van der Waals surface area contributed by atoms with Gasteiger partial charge in [-0.1, -0.05) is 53.5 Å². The van der Waals surface area contributed by atoms with Crippen LogP contribution in [0, 0.1) is 0 Å². The molecule has 1 saturated heterocycles. The zero-order valence-corrected chi connectivity index (χ0v) is 22.8. The summed E-state index contributed by atoms with van der Waals surface area (Å²) < 4.78 is 33.5. The second-order valence-electron chi connectivity index (χ2n) is 8.54. The van der Waals surface area contributed by atoms with Gasteiger partial charge >= 0.3 is 0 Å². The van der Waals surface area contributed by atoms with Gasteiger partial charge in [0.05, 0.1) is 22.1 Å². The Bertz CT molecular complexity index is 1470. The first-order valence-electron chi connectivity index (χ1n) is 11.6. The molecular formula is C26H26Cl2N4O5S. The highest BCUT2D eigenvalue weighted by Crippen LogP contribution is 2.30. The Hall–Kier alpha value is -3.15. The fourth-order valence-electron chi connectivity index (χ4n) is 4.18. The average molecular weight is 577 g/mol. The van der Waals surface area contributed by atoms with E-state index in [1.54, 1.807) is 18.2 Å². The van der Waals surface area contributed by atoms with E-state index in [4.69, 9.17) is 33.7 Å². The van der Waals surface area contributed by atoms with Crippen LogP contribution >= 0.6 is 23.2 Å². The summed E-state index contributed by atoms with van der Waals surface area (Å²) in [7, 11) is -2.76. The number of nitrogens with two attached hydrogens (primary N) is 1. The quantitative estimate of drug-likeness (QED) is 0.424. The minimum Gasteiger partial charge on any atom is -0.497 e. The van der Waals surface area contributed by atoms with E-state index < -0.39 is 28.0 Å². The highest BCUT2D eigenvalue weighted by Gasteiger charge is 2.46. The minimum absolute atomic E-state index is 0.00264. The lowest BCUT2D eigenvalue weighted by Crippen LogP contribution is -2.53. The number of rotatable bonds is 8. The van der Waals surface area contributed by atoms with Gasteiger partial charge in [0.15, 0.2) is 6.17 Å². The summed E-state index contributed by atoms with van der Waals surface area (Å²) in [6.07, 6.45) is -1.44. The molecule has 1 fully saturated rings. The maximum absolute atomic E-state index is 13.6. The van der Waals surface area contributed by atoms with Crippen LogP contribution in [0.5, 0.6) is 5.75 Å². The molecule has 0 spiro atoms. The highest BCUT2D eigenvalue weighted by atomic mass is 35.5. The van der Waals surface area contributed by atoms with Gasteiger partial charge in [-0.2, -0.15) is 4.31 Å². The van der Waals surface area contributed by atoms with Gasteiger partial charge in [0.2, 0.25) is 10.0 Å². The lowest BCUT2D eigenvalue weighted by molar-refractivity contribution is -0.127. The van der Waals surface area contributed by atoms with Gasteiger partial charge in [0.25, 0.3) is 11.8 Å². The van der Waals surface area contributed by atoms with Crippen molar-refractivity contribution in [2.24, 2.45) is 5.73 Å². The maximum Gasteiger partial charge on any atom is 0.259 e. The Morgan fingerprint density at radius 2 is 1.74 bits per heavy atom.